The highest BCUT2D eigenvalue weighted by Gasteiger charge is 2.21. The summed E-state index contributed by atoms with van der Waals surface area (Å²) < 4.78 is 39.1. The van der Waals surface area contributed by atoms with Gasteiger partial charge in [0.15, 0.2) is 0 Å². The number of carbonyl (C=O) groups excluding carboxylic acids is 1. The van der Waals surface area contributed by atoms with Gasteiger partial charge in [0.2, 0.25) is 10.0 Å². The average molecular weight is 394 g/mol. The number of hydrogen-bond acceptors (Lipinski definition) is 4. The minimum Gasteiger partial charge on any atom is -0.387 e. The topological polar surface area (TPSA) is 86.7 Å². The molecule has 2 aromatic rings. The van der Waals surface area contributed by atoms with E-state index in [1.807, 2.05) is 0 Å². The number of nitrogens with one attached hydrogen (secondary N) is 1. The van der Waals surface area contributed by atoms with Gasteiger partial charge in [0.1, 0.15) is 5.82 Å². The van der Waals surface area contributed by atoms with Crippen LogP contribution in [0.4, 0.5) is 4.39 Å². The molecule has 2 aromatic carbocycles. The van der Waals surface area contributed by atoms with Crippen molar-refractivity contribution in [3.05, 3.63) is 65.5 Å². The van der Waals surface area contributed by atoms with Crippen LogP contribution in [0.1, 0.15) is 35.9 Å². The van der Waals surface area contributed by atoms with Crippen molar-refractivity contribution < 1.29 is 22.7 Å². The van der Waals surface area contributed by atoms with E-state index in [2.05, 4.69) is 5.32 Å². The Labute approximate surface area is 158 Å². The molecule has 0 heterocycles. The smallest absolute Gasteiger partial charge is 0.251 e. The van der Waals surface area contributed by atoms with E-state index in [-0.39, 0.29) is 17.0 Å². The van der Waals surface area contributed by atoms with Crippen molar-refractivity contribution in [2.24, 2.45) is 0 Å². The van der Waals surface area contributed by atoms with E-state index in [1.54, 1.807) is 13.8 Å². The van der Waals surface area contributed by atoms with Crippen molar-refractivity contribution in [3.63, 3.8) is 0 Å². The second kappa shape index (κ2) is 9.07. The number of benzene rings is 2. The predicted octanol–water partition coefficient (Wildman–Crippen LogP) is 2.32. The predicted molar refractivity (Wildman–Crippen MR) is 100 cm³/mol. The van der Waals surface area contributed by atoms with Gasteiger partial charge in [-0.15, -0.1) is 0 Å². The van der Waals surface area contributed by atoms with Crippen LogP contribution in [0.2, 0.25) is 0 Å². The molecule has 1 atom stereocenters. The van der Waals surface area contributed by atoms with Crippen LogP contribution in [0.25, 0.3) is 0 Å². The number of sulfonamides is 1. The number of hydrogen-bond donors (Lipinski definition) is 2. The lowest BCUT2D eigenvalue weighted by molar-refractivity contribution is 0.0916. The molecule has 27 heavy (non-hydrogen) atoms. The van der Waals surface area contributed by atoms with Crippen molar-refractivity contribution >= 4 is 15.9 Å². The fourth-order valence-corrected chi connectivity index (χ4v) is 4.04. The van der Waals surface area contributed by atoms with Gasteiger partial charge in [0.05, 0.1) is 11.0 Å². The SMILES string of the molecule is CCN(CC)S(=O)(=O)c1ccc(C(=O)NCC(O)c2ccc(F)cc2)cc1. The Morgan fingerprint density at radius 3 is 2.15 bits per heavy atom. The quantitative estimate of drug-likeness (QED) is 0.719. The summed E-state index contributed by atoms with van der Waals surface area (Å²) in [7, 11) is -3.58. The number of aliphatic hydroxyl groups excluding tert-OH is 1. The first-order valence-corrected chi connectivity index (χ1v) is 10.1. The van der Waals surface area contributed by atoms with Gasteiger partial charge in [-0.05, 0) is 42.0 Å². The summed E-state index contributed by atoms with van der Waals surface area (Å²) in [6, 6.07) is 11.0. The molecule has 0 saturated carbocycles. The molecule has 0 bridgehead atoms. The van der Waals surface area contributed by atoms with Crippen LogP contribution in [-0.2, 0) is 10.0 Å². The lowest BCUT2D eigenvalue weighted by atomic mass is 10.1. The normalized spacial score (nSPS) is 12.8. The van der Waals surface area contributed by atoms with Crippen LogP contribution in [0.15, 0.2) is 53.4 Å². The zero-order valence-electron chi connectivity index (χ0n) is 15.2. The summed E-state index contributed by atoms with van der Waals surface area (Å²) in [5.41, 5.74) is 0.761. The minimum atomic E-state index is -3.58. The molecule has 0 spiro atoms. The first-order valence-electron chi connectivity index (χ1n) is 8.61. The molecule has 0 saturated heterocycles. The van der Waals surface area contributed by atoms with Crippen molar-refractivity contribution in [1.82, 2.24) is 9.62 Å². The number of aliphatic hydroxyl groups is 1. The molecule has 1 unspecified atom stereocenters. The summed E-state index contributed by atoms with van der Waals surface area (Å²) in [6.45, 7) is 4.19. The molecule has 2 rings (SSSR count). The first-order chi connectivity index (χ1) is 12.8. The van der Waals surface area contributed by atoms with Crippen LogP contribution in [-0.4, -0.2) is 43.4 Å². The largest absolute Gasteiger partial charge is 0.387 e. The molecule has 0 radical (unpaired) electrons. The van der Waals surface area contributed by atoms with E-state index in [0.717, 1.165) is 0 Å². The van der Waals surface area contributed by atoms with Crippen molar-refractivity contribution in [2.45, 2.75) is 24.8 Å². The number of nitrogens with zero attached hydrogens (tertiary/aromatic N) is 1. The summed E-state index contributed by atoms with van der Waals surface area (Å²) in [6.07, 6.45) is -0.975. The summed E-state index contributed by atoms with van der Waals surface area (Å²) in [4.78, 5) is 12.3. The van der Waals surface area contributed by atoms with Crippen LogP contribution >= 0.6 is 0 Å². The highest BCUT2D eigenvalue weighted by Crippen LogP contribution is 2.17. The van der Waals surface area contributed by atoms with Gasteiger partial charge < -0.3 is 10.4 Å². The van der Waals surface area contributed by atoms with Crippen LogP contribution in [0, 0.1) is 5.82 Å². The second-order valence-corrected chi connectivity index (χ2v) is 7.83. The third-order valence-electron chi connectivity index (χ3n) is 4.17. The average Bonchev–Trinajstić information content (AvgIpc) is 2.67. The molecular weight excluding hydrogens is 371 g/mol. The number of rotatable bonds is 8. The maximum atomic E-state index is 12.9. The molecule has 0 fully saturated rings. The van der Waals surface area contributed by atoms with Gasteiger partial charge in [-0.1, -0.05) is 26.0 Å². The lowest BCUT2D eigenvalue weighted by Crippen LogP contribution is -2.31. The minimum absolute atomic E-state index is 0.0516. The van der Waals surface area contributed by atoms with Crippen molar-refractivity contribution in [2.75, 3.05) is 19.6 Å². The Morgan fingerprint density at radius 2 is 1.63 bits per heavy atom. The molecule has 0 aliphatic rings. The Morgan fingerprint density at radius 1 is 1.07 bits per heavy atom. The standard InChI is InChI=1S/C19H23FN2O4S/c1-3-22(4-2)27(25,26)17-11-7-15(8-12-17)19(24)21-13-18(23)14-5-9-16(20)10-6-14/h5-12,18,23H,3-4,13H2,1-2H3,(H,21,24). The van der Waals surface area contributed by atoms with Gasteiger partial charge in [0, 0.05) is 25.2 Å². The monoisotopic (exact) mass is 394 g/mol. The molecule has 146 valence electrons. The molecule has 8 heteroatoms. The maximum Gasteiger partial charge on any atom is 0.251 e. The fourth-order valence-electron chi connectivity index (χ4n) is 2.59. The highest BCUT2D eigenvalue weighted by atomic mass is 32.2. The molecule has 1 amide bonds. The van der Waals surface area contributed by atoms with E-state index in [4.69, 9.17) is 0 Å². The molecule has 0 aromatic heterocycles. The van der Waals surface area contributed by atoms with Gasteiger partial charge in [-0.2, -0.15) is 4.31 Å². The van der Waals surface area contributed by atoms with Crippen LogP contribution in [0.3, 0.4) is 0 Å². The third kappa shape index (κ3) is 5.12. The third-order valence-corrected chi connectivity index (χ3v) is 6.23. The number of halogens is 1. The zero-order valence-corrected chi connectivity index (χ0v) is 16.0. The fraction of sp³-hybridized carbons (Fsp3) is 0.316. The van der Waals surface area contributed by atoms with E-state index in [1.165, 1.54) is 52.8 Å². The molecule has 0 aliphatic carbocycles. The van der Waals surface area contributed by atoms with Gasteiger partial charge in [0.25, 0.3) is 5.91 Å². The van der Waals surface area contributed by atoms with Crippen molar-refractivity contribution in [1.29, 1.82) is 0 Å². The summed E-state index contributed by atoms with van der Waals surface area (Å²) in [5, 5.41) is 12.6. The second-order valence-electron chi connectivity index (χ2n) is 5.89. The molecule has 2 N–H and O–H groups in total. The molecule has 6 nitrogen and oxygen atoms in total. The van der Waals surface area contributed by atoms with E-state index < -0.39 is 27.9 Å². The maximum absolute atomic E-state index is 12.9. The van der Waals surface area contributed by atoms with Crippen LogP contribution < -0.4 is 5.32 Å². The Bertz CT molecular complexity index is 864. The summed E-state index contributed by atoms with van der Waals surface area (Å²) >= 11 is 0. The lowest BCUT2D eigenvalue weighted by Gasteiger charge is -2.18. The number of carbonyl (C=O) groups is 1. The molecule has 0 aliphatic heterocycles. The van der Waals surface area contributed by atoms with Gasteiger partial charge in [-0.3, -0.25) is 4.79 Å². The Kier molecular flexibility index (Phi) is 7.06. The Hall–Kier alpha value is -2.29. The van der Waals surface area contributed by atoms with Gasteiger partial charge >= 0.3 is 0 Å². The van der Waals surface area contributed by atoms with E-state index in [9.17, 15) is 22.7 Å². The first kappa shape index (κ1) is 21.0. The highest BCUT2D eigenvalue weighted by molar-refractivity contribution is 7.89. The zero-order chi connectivity index (χ0) is 20.0. The van der Waals surface area contributed by atoms with E-state index >= 15 is 0 Å². The molecular formula is C19H23FN2O4S. The van der Waals surface area contributed by atoms with E-state index in [0.29, 0.717) is 18.7 Å². The Balaban J connectivity index is 2.02. The summed E-state index contributed by atoms with van der Waals surface area (Å²) in [5.74, 6) is -0.849. The van der Waals surface area contributed by atoms with Gasteiger partial charge in [-0.25, -0.2) is 12.8 Å². The number of amides is 1. The van der Waals surface area contributed by atoms with Crippen molar-refractivity contribution in [3.8, 4) is 0 Å². The van der Waals surface area contributed by atoms with Crippen LogP contribution in [0.5, 0.6) is 0 Å².